The van der Waals surface area contributed by atoms with E-state index in [2.05, 4.69) is 15.3 Å². The zero-order valence-electron chi connectivity index (χ0n) is 15.6. The van der Waals surface area contributed by atoms with Gasteiger partial charge in [0.1, 0.15) is 4.88 Å². The minimum Gasteiger partial charge on any atom is -0.434 e. The number of nitrogens with one attached hydrogen (secondary N) is 1. The first-order valence-electron chi connectivity index (χ1n) is 9.01. The number of oxazole rings is 1. The number of carbonyl (C=O) groups is 1. The normalized spacial score (nSPS) is 11.3. The Bertz CT molecular complexity index is 1410. The topological polar surface area (TPSA) is 68.0 Å². The number of rotatable bonds is 3. The number of hydrogen-bond acceptors (Lipinski definition) is 5. The number of thiophene rings is 1. The number of hydrogen-bond donors (Lipinski definition) is 1. The van der Waals surface area contributed by atoms with Crippen LogP contribution in [-0.2, 0) is 0 Å². The zero-order valence-corrected chi connectivity index (χ0v) is 17.9. The van der Waals surface area contributed by atoms with Crippen molar-refractivity contribution in [2.75, 3.05) is 5.32 Å². The highest BCUT2D eigenvalue weighted by Gasteiger charge is 2.19. The number of fused-ring (bicyclic) bond motifs is 2. The van der Waals surface area contributed by atoms with E-state index in [-0.39, 0.29) is 5.91 Å². The van der Waals surface area contributed by atoms with Crippen LogP contribution in [0.3, 0.4) is 0 Å². The van der Waals surface area contributed by atoms with Gasteiger partial charge < -0.3 is 9.73 Å². The van der Waals surface area contributed by atoms with Crippen LogP contribution in [0.25, 0.3) is 32.8 Å². The molecule has 1 N–H and O–H groups in total. The number of anilines is 1. The molecule has 1 amide bonds. The van der Waals surface area contributed by atoms with E-state index in [1.807, 2.05) is 37.3 Å². The lowest BCUT2D eigenvalue weighted by molar-refractivity contribution is 0.103. The van der Waals surface area contributed by atoms with Gasteiger partial charge in [0, 0.05) is 32.6 Å². The monoisotopic (exact) mass is 453 g/mol. The van der Waals surface area contributed by atoms with Crippen LogP contribution in [0.15, 0.2) is 59.1 Å². The Morgan fingerprint density at radius 1 is 1.13 bits per heavy atom. The van der Waals surface area contributed by atoms with Gasteiger partial charge in [-0.15, -0.1) is 11.3 Å². The van der Waals surface area contributed by atoms with Gasteiger partial charge in [0.15, 0.2) is 11.2 Å². The first kappa shape index (κ1) is 19.1. The maximum Gasteiger partial charge on any atom is 0.267 e. The second-order valence-corrected chi connectivity index (χ2v) is 8.58. The summed E-state index contributed by atoms with van der Waals surface area (Å²) in [6.07, 6.45) is 1.66. The third-order valence-electron chi connectivity index (χ3n) is 4.70. The van der Waals surface area contributed by atoms with Crippen LogP contribution in [0, 0.1) is 6.92 Å². The molecule has 0 aliphatic carbocycles. The second-order valence-electron chi connectivity index (χ2n) is 6.71. The molecule has 30 heavy (non-hydrogen) atoms. The third kappa shape index (κ3) is 3.33. The average Bonchev–Trinajstić information content (AvgIpc) is 3.30. The number of benzene rings is 2. The van der Waals surface area contributed by atoms with E-state index in [1.54, 1.807) is 24.4 Å². The Labute approximate surface area is 185 Å². The smallest absolute Gasteiger partial charge is 0.267 e. The summed E-state index contributed by atoms with van der Waals surface area (Å²) in [6.45, 7) is 1.92. The first-order chi connectivity index (χ1) is 14.5. The van der Waals surface area contributed by atoms with Gasteiger partial charge in [-0.2, -0.15) is 4.98 Å². The van der Waals surface area contributed by atoms with E-state index in [9.17, 15) is 4.79 Å². The van der Waals surface area contributed by atoms with Crippen LogP contribution in [0.2, 0.25) is 10.0 Å². The second kappa shape index (κ2) is 7.40. The molecular formula is C22H13Cl2N3O2S. The highest BCUT2D eigenvalue weighted by molar-refractivity contribution is 7.21. The molecule has 3 aromatic heterocycles. The van der Waals surface area contributed by atoms with Gasteiger partial charge in [-0.25, -0.2) is 4.98 Å². The van der Waals surface area contributed by atoms with Crippen molar-refractivity contribution in [3.8, 4) is 11.5 Å². The summed E-state index contributed by atoms with van der Waals surface area (Å²) >= 11 is 13.8. The first-order valence-corrected chi connectivity index (χ1v) is 10.6. The molecule has 0 spiro atoms. The van der Waals surface area contributed by atoms with E-state index in [4.69, 9.17) is 27.6 Å². The lowest BCUT2D eigenvalue weighted by Gasteiger charge is -2.09. The summed E-state index contributed by atoms with van der Waals surface area (Å²) < 4.78 is 6.65. The maximum absolute atomic E-state index is 13.0. The number of aryl methyl sites for hydroxylation is 1. The summed E-state index contributed by atoms with van der Waals surface area (Å²) in [5.41, 5.74) is 3.44. The Balaban J connectivity index is 1.49. The molecule has 0 fully saturated rings. The fraction of sp³-hybridized carbons (Fsp3) is 0.0455. The molecule has 0 unspecified atom stereocenters. The Morgan fingerprint density at radius 2 is 2.00 bits per heavy atom. The van der Waals surface area contributed by atoms with E-state index in [0.717, 1.165) is 21.2 Å². The van der Waals surface area contributed by atoms with Crippen molar-refractivity contribution in [1.82, 2.24) is 9.97 Å². The number of carbonyl (C=O) groups excluding carboxylic acids is 1. The molecule has 8 heteroatoms. The van der Waals surface area contributed by atoms with Crippen molar-refractivity contribution in [2.45, 2.75) is 6.92 Å². The van der Waals surface area contributed by atoms with Gasteiger partial charge >= 0.3 is 0 Å². The molecule has 0 saturated heterocycles. The fourth-order valence-electron chi connectivity index (χ4n) is 3.15. The minimum atomic E-state index is -0.281. The summed E-state index contributed by atoms with van der Waals surface area (Å²) in [6, 6.07) is 14.6. The number of nitrogens with zero attached hydrogens (tertiary/aromatic N) is 2. The Morgan fingerprint density at radius 3 is 2.83 bits per heavy atom. The van der Waals surface area contributed by atoms with Crippen molar-refractivity contribution in [2.24, 2.45) is 0 Å². The molecule has 2 aromatic carbocycles. The van der Waals surface area contributed by atoms with Crippen molar-refractivity contribution in [3.63, 3.8) is 0 Å². The van der Waals surface area contributed by atoms with Crippen LogP contribution in [0.5, 0.6) is 0 Å². The fourth-order valence-corrected chi connectivity index (χ4v) is 4.83. The number of aromatic nitrogens is 2. The molecule has 0 aliphatic rings. The van der Waals surface area contributed by atoms with Gasteiger partial charge in [-0.05, 0) is 48.9 Å². The Hall–Kier alpha value is -2.93. The quantitative estimate of drug-likeness (QED) is 0.320. The number of amides is 1. The zero-order chi connectivity index (χ0) is 20.8. The van der Waals surface area contributed by atoms with Crippen molar-refractivity contribution >= 4 is 67.4 Å². The molecule has 0 radical (unpaired) electrons. The Kier molecular flexibility index (Phi) is 4.70. The summed E-state index contributed by atoms with van der Waals surface area (Å²) in [4.78, 5) is 22.0. The van der Waals surface area contributed by atoms with Crippen molar-refractivity contribution < 1.29 is 9.21 Å². The van der Waals surface area contributed by atoms with E-state index in [0.29, 0.717) is 37.7 Å². The van der Waals surface area contributed by atoms with Gasteiger partial charge in [0.05, 0.1) is 5.02 Å². The van der Waals surface area contributed by atoms with Gasteiger partial charge in [0.2, 0.25) is 5.89 Å². The van der Waals surface area contributed by atoms with Crippen molar-refractivity contribution in [1.29, 1.82) is 0 Å². The predicted molar refractivity (Wildman–Crippen MR) is 122 cm³/mol. The van der Waals surface area contributed by atoms with Crippen LogP contribution in [0.1, 0.15) is 15.2 Å². The summed E-state index contributed by atoms with van der Waals surface area (Å²) in [5, 5.41) is 4.78. The average molecular weight is 454 g/mol. The summed E-state index contributed by atoms with van der Waals surface area (Å²) in [5.74, 6) is 0.158. The number of halogens is 2. The van der Waals surface area contributed by atoms with Crippen LogP contribution >= 0.6 is 34.5 Å². The highest BCUT2D eigenvalue weighted by atomic mass is 35.5. The SMILES string of the molecule is Cc1ccc(-c2nc3ncccc3o2)cc1NC(=O)c1sc2cc(Cl)ccc2c1Cl. The predicted octanol–water partition coefficient (Wildman–Crippen LogP) is 6.97. The standard InChI is InChI=1S/C22H13Cl2N3O2S/c1-11-4-5-12(22-27-20-16(29-22)3-2-8-25-20)9-15(11)26-21(28)19-18(24)14-7-6-13(23)10-17(14)30-19/h2-10H,1H3,(H,26,28). The van der Waals surface area contributed by atoms with Crippen LogP contribution < -0.4 is 5.32 Å². The molecule has 5 nitrogen and oxygen atoms in total. The van der Waals surface area contributed by atoms with Crippen LogP contribution in [0.4, 0.5) is 5.69 Å². The molecule has 0 bridgehead atoms. The summed E-state index contributed by atoms with van der Waals surface area (Å²) in [7, 11) is 0. The molecular weight excluding hydrogens is 441 g/mol. The van der Waals surface area contributed by atoms with E-state index >= 15 is 0 Å². The molecule has 5 rings (SSSR count). The molecule has 5 aromatic rings. The maximum atomic E-state index is 13.0. The van der Waals surface area contributed by atoms with E-state index in [1.165, 1.54) is 11.3 Å². The highest BCUT2D eigenvalue weighted by Crippen LogP contribution is 2.37. The lowest BCUT2D eigenvalue weighted by Crippen LogP contribution is -2.11. The molecule has 3 heterocycles. The molecule has 0 aliphatic heterocycles. The largest absolute Gasteiger partial charge is 0.434 e. The van der Waals surface area contributed by atoms with Crippen LogP contribution in [-0.4, -0.2) is 15.9 Å². The van der Waals surface area contributed by atoms with E-state index < -0.39 is 0 Å². The molecule has 0 saturated carbocycles. The molecule has 148 valence electrons. The minimum absolute atomic E-state index is 0.281. The van der Waals surface area contributed by atoms with Gasteiger partial charge in [-0.3, -0.25) is 4.79 Å². The lowest BCUT2D eigenvalue weighted by atomic mass is 10.1. The van der Waals surface area contributed by atoms with Gasteiger partial charge in [-0.1, -0.05) is 35.3 Å². The molecule has 0 atom stereocenters. The van der Waals surface area contributed by atoms with Crippen molar-refractivity contribution in [3.05, 3.63) is 75.2 Å². The van der Waals surface area contributed by atoms with Gasteiger partial charge in [0.25, 0.3) is 5.91 Å². The third-order valence-corrected chi connectivity index (χ3v) is 6.59. The number of pyridine rings is 1.